The van der Waals surface area contributed by atoms with Gasteiger partial charge in [-0.25, -0.2) is 0 Å². The van der Waals surface area contributed by atoms with Crippen molar-refractivity contribution in [2.24, 2.45) is 11.8 Å². The molecule has 1 aliphatic rings. The fourth-order valence-electron chi connectivity index (χ4n) is 2.87. The molecule has 3 heteroatoms. The molecule has 1 aromatic heterocycles. The summed E-state index contributed by atoms with van der Waals surface area (Å²) in [6.45, 7) is 4.52. The molecule has 0 radical (unpaired) electrons. The van der Waals surface area contributed by atoms with Crippen LogP contribution in [0.2, 0.25) is 0 Å². The molecule has 0 bridgehead atoms. The van der Waals surface area contributed by atoms with E-state index in [-0.39, 0.29) is 0 Å². The Bertz CT molecular complexity index is 337. The summed E-state index contributed by atoms with van der Waals surface area (Å²) in [6, 6.07) is 2.30. The van der Waals surface area contributed by atoms with E-state index in [0.29, 0.717) is 0 Å². The third kappa shape index (κ3) is 4.08. The number of hydrogen-bond acceptors (Lipinski definition) is 2. The maximum Gasteiger partial charge on any atom is 0.0285 e. The van der Waals surface area contributed by atoms with Gasteiger partial charge in [0.25, 0.3) is 0 Å². The van der Waals surface area contributed by atoms with Crippen LogP contribution >= 0.6 is 27.3 Å². The summed E-state index contributed by atoms with van der Waals surface area (Å²) in [5, 5.41) is 5.74. The SMILES string of the molecule is CCNCC1CCCCC1Cc1cc(Br)cs1. The topological polar surface area (TPSA) is 12.0 Å². The Labute approximate surface area is 117 Å². The predicted molar refractivity (Wildman–Crippen MR) is 79.7 cm³/mol. The quantitative estimate of drug-likeness (QED) is 0.845. The minimum Gasteiger partial charge on any atom is -0.317 e. The first-order valence-corrected chi connectivity index (χ1v) is 8.40. The standard InChI is InChI=1S/C14H22BrNS/c1-2-16-9-12-6-4-3-5-11(12)7-14-8-13(15)10-17-14/h8,10-12,16H,2-7,9H2,1H3. The first kappa shape index (κ1) is 13.6. The zero-order valence-corrected chi connectivity index (χ0v) is 12.9. The molecule has 2 atom stereocenters. The molecule has 0 aliphatic heterocycles. The van der Waals surface area contributed by atoms with E-state index in [9.17, 15) is 0 Å². The van der Waals surface area contributed by atoms with Crippen LogP contribution in [0.1, 0.15) is 37.5 Å². The molecular weight excluding hydrogens is 294 g/mol. The van der Waals surface area contributed by atoms with Crippen molar-refractivity contribution in [3.05, 3.63) is 20.8 Å². The maximum absolute atomic E-state index is 3.55. The zero-order chi connectivity index (χ0) is 12.1. The van der Waals surface area contributed by atoms with Crippen molar-refractivity contribution in [3.63, 3.8) is 0 Å². The normalized spacial score (nSPS) is 25.1. The molecule has 0 spiro atoms. The van der Waals surface area contributed by atoms with Gasteiger partial charge in [0.2, 0.25) is 0 Å². The monoisotopic (exact) mass is 315 g/mol. The van der Waals surface area contributed by atoms with Gasteiger partial charge in [0.15, 0.2) is 0 Å². The van der Waals surface area contributed by atoms with E-state index in [1.807, 2.05) is 11.3 Å². The van der Waals surface area contributed by atoms with Crippen molar-refractivity contribution in [1.29, 1.82) is 0 Å². The van der Waals surface area contributed by atoms with Gasteiger partial charge in [-0.15, -0.1) is 11.3 Å². The molecule has 1 heterocycles. The third-order valence-corrected chi connectivity index (χ3v) is 5.53. The van der Waals surface area contributed by atoms with Gasteiger partial charge in [-0.3, -0.25) is 0 Å². The van der Waals surface area contributed by atoms with Crippen LogP contribution < -0.4 is 5.32 Å². The van der Waals surface area contributed by atoms with Crippen molar-refractivity contribution < 1.29 is 0 Å². The van der Waals surface area contributed by atoms with E-state index in [4.69, 9.17) is 0 Å². The molecule has 1 N–H and O–H groups in total. The molecule has 1 aliphatic carbocycles. The Kier molecular flexibility index (Phi) is 5.51. The third-order valence-electron chi connectivity index (χ3n) is 3.81. The predicted octanol–water partition coefficient (Wildman–Crippen LogP) is 4.47. The van der Waals surface area contributed by atoms with Crippen molar-refractivity contribution in [1.82, 2.24) is 5.32 Å². The first-order chi connectivity index (χ1) is 8.29. The molecule has 96 valence electrons. The number of thiophene rings is 1. The van der Waals surface area contributed by atoms with Gasteiger partial charge >= 0.3 is 0 Å². The van der Waals surface area contributed by atoms with Gasteiger partial charge in [0, 0.05) is 14.7 Å². The highest BCUT2D eigenvalue weighted by Crippen LogP contribution is 2.34. The van der Waals surface area contributed by atoms with Crippen molar-refractivity contribution in [2.45, 2.75) is 39.0 Å². The van der Waals surface area contributed by atoms with Gasteiger partial charge in [-0.1, -0.05) is 19.8 Å². The van der Waals surface area contributed by atoms with Crippen LogP contribution in [0.15, 0.2) is 15.9 Å². The number of hydrogen-bond donors (Lipinski definition) is 1. The van der Waals surface area contributed by atoms with Crippen LogP contribution in [-0.4, -0.2) is 13.1 Å². The van der Waals surface area contributed by atoms with Crippen molar-refractivity contribution in [2.75, 3.05) is 13.1 Å². The Morgan fingerprint density at radius 2 is 2.12 bits per heavy atom. The largest absolute Gasteiger partial charge is 0.317 e. The highest BCUT2D eigenvalue weighted by Gasteiger charge is 2.25. The molecule has 17 heavy (non-hydrogen) atoms. The first-order valence-electron chi connectivity index (χ1n) is 6.73. The summed E-state index contributed by atoms with van der Waals surface area (Å²) in [5.41, 5.74) is 0. The van der Waals surface area contributed by atoms with Crippen LogP contribution in [0, 0.1) is 11.8 Å². The lowest BCUT2D eigenvalue weighted by Gasteiger charge is -2.31. The minimum atomic E-state index is 0.893. The summed E-state index contributed by atoms with van der Waals surface area (Å²) >= 11 is 5.45. The lowest BCUT2D eigenvalue weighted by atomic mass is 9.77. The van der Waals surface area contributed by atoms with Gasteiger partial charge in [0.1, 0.15) is 0 Å². The van der Waals surface area contributed by atoms with Crippen molar-refractivity contribution in [3.8, 4) is 0 Å². The number of nitrogens with one attached hydrogen (secondary N) is 1. The summed E-state index contributed by atoms with van der Waals surface area (Å²) in [7, 11) is 0. The van der Waals surface area contributed by atoms with Gasteiger partial charge < -0.3 is 5.32 Å². The molecule has 0 amide bonds. The van der Waals surface area contributed by atoms with Crippen molar-refractivity contribution >= 4 is 27.3 Å². The minimum absolute atomic E-state index is 0.893. The van der Waals surface area contributed by atoms with Crippen LogP contribution in [0.25, 0.3) is 0 Å². The summed E-state index contributed by atoms with van der Waals surface area (Å²) in [6.07, 6.45) is 6.99. The van der Waals surface area contributed by atoms with E-state index in [1.165, 1.54) is 43.1 Å². The highest BCUT2D eigenvalue weighted by molar-refractivity contribution is 9.10. The van der Waals surface area contributed by atoms with Crippen LogP contribution in [0.5, 0.6) is 0 Å². The Morgan fingerprint density at radius 3 is 2.76 bits per heavy atom. The Balaban J connectivity index is 1.91. The second-order valence-corrected chi connectivity index (χ2v) is 6.96. The maximum atomic E-state index is 3.55. The summed E-state index contributed by atoms with van der Waals surface area (Å²) in [4.78, 5) is 1.55. The average molecular weight is 316 g/mol. The van der Waals surface area contributed by atoms with Gasteiger partial charge in [0.05, 0.1) is 0 Å². The Hall–Kier alpha value is 0.140. The fraction of sp³-hybridized carbons (Fsp3) is 0.714. The molecule has 0 saturated heterocycles. The Morgan fingerprint density at radius 1 is 1.35 bits per heavy atom. The molecule has 0 aromatic carbocycles. The molecule has 1 saturated carbocycles. The van der Waals surface area contributed by atoms with E-state index < -0.39 is 0 Å². The second-order valence-electron chi connectivity index (χ2n) is 5.05. The zero-order valence-electron chi connectivity index (χ0n) is 10.5. The van der Waals surface area contributed by atoms with E-state index in [2.05, 4.69) is 39.6 Å². The van der Waals surface area contributed by atoms with E-state index in [1.54, 1.807) is 4.88 Å². The van der Waals surface area contributed by atoms with Crippen LogP contribution in [-0.2, 0) is 6.42 Å². The van der Waals surface area contributed by atoms with Gasteiger partial charge in [-0.05, 0) is 66.2 Å². The summed E-state index contributed by atoms with van der Waals surface area (Å²) < 4.78 is 1.25. The smallest absolute Gasteiger partial charge is 0.0285 e. The molecule has 2 rings (SSSR count). The van der Waals surface area contributed by atoms with E-state index in [0.717, 1.165) is 18.4 Å². The van der Waals surface area contributed by atoms with Crippen LogP contribution in [0.3, 0.4) is 0 Å². The molecular formula is C14H22BrNS. The average Bonchev–Trinajstić information content (AvgIpc) is 2.74. The van der Waals surface area contributed by atoms with Crippen LogP contribution in [0.4, 0.5) is 0 Å². The molecule has 1 fully saturated rings. The number of rotatable bonds is 5. The molecule has 2 unspecified atom stereocenters. The highest BCUT2D eigenvalue weighted by atomic mass is 79.9. The number of halogens is 1. The summed E-state index contributed by atoms with van der Waals surface area (Å²) in [5.74, 6) is 1.79. The van der Waals surface area contributed by atoms with Gasteiger partial charge in [-0.2, -0.15) is 0 Å². The fourth-order valence-corrected chi connectivity index (χ4v) is 4.42. The molecule has 1 nitrogen and oxygen atoms in total. The lowest BCUT2D eigenvalue weighted by molar-refractivity contribution is 0.230. The molecule has 1 aromatic rings. The lowest BCUT2D eigenvalue weighted by Crippen LogP contribution is -2.31. The second kappa shape index (κ2) is 6.91. The van der Waals surface area contributed by atoms with E-state index >= 15 is 0 Å².